The number of rotatable bonds is 6. The minimum absolute atomic E-state index is 0.00506. The summed E-state index contributed by atoms with van der Waals surface area (Å²) in [7, 11) is 3.21. The van der Waals surface area contributed by atoms with Crippen molar-refractivity contribution in [3.63, 3.8) is 0 Å². The molecule has 1 saturated heterocycles. The normalized spacial score (nSPS) is 19.1. The summed E-state index contributed by atoms with van der Waals surface area (Å²) in [4.78, 5) is 30.9. The average molecular weight is 372 g/mol. The number of nitrogens with one attached hydrogen (secondary N) is 1. The molecule has 1 fully saturated rings. The molecule has 1 aromatic carbocycles. The summed E-state index contributed by atoms with van der Waals surface area (Å²) < 4.78 is 10.5. The second-order valence-electron chi connectivity index (χ2n) is 6.66. The van der Waals surface area contributed by atoms with E-state index in [1.807, 2.05) is 24.3 Å². The molecule has 0 saturated carbocycles. The first kappa shape index (κ1) is 18.9. The molecular weight excluding hydrogens is 348 g/mol. The zero-order valence-electron chi connectivity index (χ0n) is 15.8. The molecule has 27 heavy (non-hydrogen) atoms. The molecule has 144 valence electrons. The van der Waals surface area contributed by atoms with E-state index in [1.54, 1.807) is 26.0 Å². The van der Waals surface area contributed by atoms with Crippen molar-refractivity contribution >= 4 is 11.8 Å². The summed E-state index contributed by atoms with van der Waals surface area (Å²) in [5.41, 5.74) is 1.04. The van der Waals surface area contributed by atoms with Crippen LogP contribution in [0.5, 0.6) is 5.75 Å². The summed E-state index contributed by atoms with van der Waals surface area (Å²) in [5, 5.41) is 6.47. The molecular formula is C19H24N4O4. The first-order chi connectivity index (χ1) is 13.0. The van der Waals surface area contributed by atoms with Crippen LogP contribution in [-0.4, -0.2) is 54.1 Å². The third kappa shape index (κ3) is 4.27. The van der Waals surface area contributed by atoms with Crippen molar-refractivity contribution in [1.29, 1.82) is 0 Å². The van der Waals surface area contributed by atoms with Crippen LogP contribution in [0.2, 0.25) is 0 Å². The fourth-order valence-corrected chi connectivity index (χ4v) is 3.41. The van der Waals surface area contributed by atoms with Crippen molar-refractivity contribution in [2.75, 3.05) is 27.2 Å². The Bertz CT molecular complexity index is 820. The standard InChI is InChI=1S/C19H24N4O4/c1-12-21-19(27-22-12)16-11-23(10-15(16)18(25)20-2)17(24)8-7-13-5-4-6-14(9-13)26-3/h4-6,9,15-16H,7-8,10-11H2,1-3H3,(H,20,25). The maximum absolute atomic E-state index is 12.7. The van der Waals surface area contributed by atoms with Gasteiger partial charge in [-0.1, -0.05) is 17.3 Å². The molecule has 0 bridgehead atoms. The Labute approximate surface area is 157 Å². The molecule has 3 rings (SSSR count). The Morgan fingerprint density at radius 1 is 1.37 bits per heavy atom. The molecule has 1 aromatic heterocycles. The third-order valence-electron chi connectivity index (χ3n) is 4.88. The van der Waals surface area contributed by atoms with Crippen LogP contribution >= 0.6 is 0 Å². The highest BCUT2D eigenvalue weighted by Crippen LogP contribution is 2.32. The Balaban J connectivity index is 1.67. The summed E-state index contributed by atoms with van der Waals surface area (Å²) in [6, 6.07) is 7.67. The first-order valence-electron chi connectivity index (χ1n) is 8.94. The van der Waals surface area contributed by atoms with Crippen LogP contribution in [0, 0.1) is 12.8 Å². The molecule has 0 spiro atoms. The second-order valence-corrected chi connectivity index (χ2v) is 6.66. The van der Waals surface area contributed by atoms with Gasteiger partial charge in [0.1, 0.15) is 5.75 Å². The minimum atomic E-state index is -0.393. The lowest BCUT2D eigenvalue weighted by molar-refractivity contribution is -0.130. The van der Waals surface area contributed by atoms with Gasteiger partial charge in [-0.25, -0.2) is 0 Å². The molecule has 2 unspecified atom stereocenters. The van der Waals surface area contributed by atoms with E-state index in [0.717, 1.165) is 11.3 Å². The van der Waals surface area contributed by atoms with E-state index in [9.17, 15) is 9.59 Å². The third-order valence-corrected chi connectivity index (χ3v) is 4.88. The lowest BCUT2D eigenvalue weighted by Gasteiger charge is -2.16. The van der Waals surface area contributed by atoms with Gasteiger partial charge >= 0.3 is 0 Å². The Kier molecular flexibility index (Phi) is 5.73. The Morgan fingerprint density at radius 2 is 2.19 bits per heavy atom. The smallest absolute Gasteiger partial charge is 0.232 e. The quantitative estimate of drug-likeness (QED) is 0.821. The summed E-state index contributed by atoms with van der Waals surface area (Å²) in [6.07, 6.45) is 0.977. The van der Waals surface area contributed by atoms with Crippen LogP contribution in [0.1, 0.15) is 29.6 Å². The molecule has 1 aliphatic rings. The molecule has 2 heterocycles. The number of hydrogen-bond donors (Lipinski definition) is 1. The minimum Gasteiger partial charge on any atom is -0.497 e. The summed E-state index contributed by atoms with van der Waals surface area (Å²) >= 11 is 0. The number of methoxy groups -OCH3 is 1. The van der Waals surface area contributed by atoms with Crippen LogP contribution in [0.4, 0.5) is 0 Å². The lowest BCUT2D eigenvalue weighted by atomic mass is 9.95. The van der Waals surface area contributed by atoms with E-state index in [-0.39, 0.29) is 17.7 Å². The van der Waals surface area contributed by atoms with Crippen LogP contribution in [0.15, 0.2) is 28.8 Å². The summed E-state index contributed by atoms with van der Waals surface area (Å²) in [5.74, 6) is 0.896. The van der Waals surface area contributed by atoms with Crippen LogP contribution in [0.3, 0.4) is 0 Å². The van der Waals surface area contributed by atoms with Gasteiger partial charge in [0.05, 0.1) is 18.9 Å². The van der Waals surface area contributed by atoms with Gasteiger partial charge < -0.3 is 19.5 Å². The number of amides is 2. The monoisotopic (exact) mass is 372 g/mol. The molecule has 2 atom stereocenters. The fraction of sp³-hybridized carbons (Fsp3) is 0.474. The maximum atomic E-state index is 12.7. The van der Waals surface area contributed by atoms with Crippen LogP contribution in [-0.2, 0) is 16.0 Å². The van der Waals surface area contributed by atoms with E-state index >= 15 is 0 Å². The highest BCUT2D eigenvalue weighted by molar-refractivity contribution is 5.83. The number of nitrogens with zero attached hydrogens (tertiary/aromatic N) is 3. The number of benzene rings is 1. The van der Waals surface area contributed by atoms with E-state index in [1.165, 1.54) is 0 Å². The fourth-order valence-electron chi connectivity index (χ4n) is 3.41. The van der Waals surface area contributed by atoms with Crippen molar-refractivity contribution in [1.82, 2.24) is 20.4 Å². The molecule has 0 radical (unpaired) electrons. The highest BCUT2D eigenvalue weighted by atomic mass is 16.5. The van der Waals surface area contributed by atoms with Crippen molar-refractivity contribution in [3.05, 3.63) is 41.5 Å². The zero-order valence-corrected chi connectivity index (χ0v) is 15.8. The first-order valence-corrected chi connectivity index (χ1v) is 8.94. The van der Waals surface area contributed by atoms with E-state index in [0.29, 0.717) is 37.6 Å². The number of carbonyl (C=O) groups excluding carboxylic acids is 2. The molecule has 8 heteroatoms. The molecule has 1 aliphatic heterocycles. The highest BCUT2D eigenvalue weighted by Gasteiger charge is 2.42. The molecule has 2 amide bonds. The van der Waals surface area contributed by atoms with Gasteiger partial charge in [0.2, 0.25) is 17.7 Å². The van der Waals surface area contributed by atoms with E-state index in [2.05, 4.69) is 15.5 Å². The Morgan fingerprint density at radius 3 is 2.85 bits per heavy atom. The average Bonchev–Trinajstić information content (AvgIpc) is 3.32. The molecule has 1 N–H and O–H groups in total. The van der Waals surface area contributed by atoms with Crippen molar-refractivity contribution in [2.45, 2.75) is 25.7 Å². The number of ether oxygens (including phenoxy) is 1. The zero-order chi connectivity index (χ0) is 19.4. The van der Waals surface area contributed by atoms with Gasteiger partial charge in [0.15, 0.2) is 5.82 Å². The predicted octanol–water partition coefficient (Wildman–Crippen LogP) is 1.31. The van der Waals surface area contributed by atoms with Crippen molar-refractivity contribution < 1.29 is 18.8 Å². The van der Waals surface area contributed by atoms with Crippen molar-refractivity contribution in [3.8, 4) is 5.75 Å². The number of aromatic nitrogens is 2. The maximum Gasteiger partial charge on any atom is 0.232 e. The molecule has 0 aliphatic carbocycles. The molecule has 8 nitrogen and oxygen atoms in total. The largest absolute Gasteiger partial charge is 0.497 e. The molecule has 2 aromatic rings. The lowest BCUT2D eigenvalue weighted by Crippen LogP contribution is -2.33. The number of aryl methyl sites for hydroxylation is 2. The number of hydrogen-bond acceptors (Lipinski definition) is 6. The van der Waals surface area contributed by atoms with Gasteiger partial charge in [0.25, 0.3) is 0 Å². The van der Waals surface area contributed by atoms with Gasteiger partial charge in [-0.05, 0) is 31.0 Å². The SMILES string of the molecule is CNC(=O)C1CN(C(=O)CCc2cccc(OC)c2)CC1c1nc(C)no1. The van der Waals surface area contributed by atoms with Crippen LogP contribution < -0.4 is 10.1 Å². The Hall–Kier alpha value is -2.90. The van der Waals surface area contributed by atoms with E-state index < -0.39 is 5.92 Å². The second kappa shape index (κ2) is 8.20. The van der Waals surface area contributed by atoms with E-state index in [4.69, 9.17) is 9.26 Å². The topological polar surface area (TPSA) is 97.6 Å². The van der Waals surface area contributed by atoms with Gasteiger partial charge in [-0.3, -0.25) is 9.59 Å². The van der Waals surface area contributed by atoms with Crippen LogP contribution in [0.25, 0.3) is 0 Å². The number of carbonyl (C=O) groups is 2. The summed E-state index contributed by atoms with van der Waals surface area (Å²) in [6.45, 7) is 2.48. The van der Waals surface area contributed by atoms with Gasteiger partial charge in [-0.15, -0.1) is 0 Å². The number of likely N-dealkylation sites (tertiary alicyclic amines) is 1. The van der Waals surface area contributed by atoms with Gasteiger partial charge in [-0.2, -0.15) is 4.98 Å². The van der Waals surface area contributed by atoms with Crippen molar-refractivity contribution in [2.24, 2.45) is 5.92 Å². The predicted molar refractivity (Wildman–Crippen MR) is 97.2 cm³/mol. The van der Waals surface area contributed by atoms with Gasteiger partial charge in [0, 0.05) is 26.6 Å².